The normalized spacial score (nSPS) is 18.7. The number of nitrogens with zero attached hydrogens (tertiary/aromatic N) is 3. The number of aromatic nitrogens is 1. The maximum absolute atomic E-state index is 7.38. The second kappa shape index (κ2) is 16.1. The van der Waals surface area contributed by atoms with Gasteiger partial charge in [0.1, 0.15) is 36.7 Å². The molecule has 5 aromatic rings. The van der Waals surface area contributed by atoms with Gasteiger partial charge in [-0.1, -0.05) is 169 Å². The zero-order valence-corrected chi connectivity index (χ0v) is 36.0. The Morgan fingerprint density at radius 1 is 0.482 bits per heavy atom. The van der Waals surface area contributed by atoms with Crippen molar-refractivity contribution in [3.8, 4) is 0 Å². The first-order valence-electron chi connectivity index (χ1n) is 19.8. The predicted molar refractivity (Wildman–Crippen MR) is 233 cm³/mol. The van der Waals surface area contributed by atoms with E-state index in [0.717, 1.165) is 0 Å². The molecule has 0 fully saturated rings. The van der Waals surface area contributed by atoms with Gasteiger partial charge in [0.2, 0.25) is 11.8 Å². The van der Waals surface area contributed by atoms with E-state index in [4.69, 9.17) is 33.3 Å². The minimum absolute atomic E-state index is 0.145. The monoisotopic (exact) mass is 781 g/mol. The highest BCUT2D eigenvalue weighted by molar-refractivity contribution is 7.00. The Morgan fingerprint density at radius 2 is 0.786 bits per heavy atom. The number of aliphatic imine (C=N–C) groups is 2. The van der Waals surface area contributed by atoms with Crippen LogP contribution in [0.15, 0.2) is 150 Å². The highest BCUT2D eigenvalue weighted by atomic mass is 28.4. The van der Waals surface area contributed by atoms with Gasteiger partial charge in [-0.2, -0.15) is 0 Å². The van der Waals surface area contributed by atoms with Crippen LogP contribution in [0.3, 0.4) is 0 Å². The molecule has 2 aliphatic rings. The fourth-order valence-electron chi connectivity index (χ4n) is 8.31. The molecule has 2 aliphatic heterocycles. The molecule has 7 rings (SSSR count). The Kier molecular flexibility index (Phi) is 11.3. The van der Waals surface area contributed by atoms with E-state index < -0.39 is 16.6 Å². The largest absolute Gasteiger partial charge is 0.474 e. The van der Waals surface area contributed by atoms with Crippen LogP contribution >= 0.6 is 0 Å². The Balaban J connectivity index is 1.12. The summed E-state index contributed by atoms with van der Waals surface area (Å²) in [6.07, 6.45) is -0.412. The fraction of sp³-hybridized carbons (Fsp3) is 0.340. The molecule has 4 atom stereocenters. The summed E-state index contributed by atoms with van der Waals surface area (Å²) in [6, 6.07) is 48.3. The average molecular weight is 782 g/mol. The number of hydrogen-bond acceptors (Lipinski definition) is 7. The minimum atomic E-state index is -2.77. The zero-order chi connectivity index (χ0) is 39.6. The molecule has 0 amide bonds. The van der Waals surface area contributed by atoms with Crippen molar-refractivity contribution >= 4 is 49.2 Å². The van der Waals surface area contributed by atoms with Crippen LogP contribution in [0, 0.1) is 0 Å². The van der Waals surface area contributed by atoms with Crippen LogP contribution in [-0.2, 0) is 18.3 Å². The molecule has 290 valence electrons. The minimum Gasteiger partial charge on any atom is -0.474 e. The summed E-state index contributed by atoms with van der Waals surface area (Å²) in [7, 11) is -5.54. The lowest BCUT2D eigenvalue weighted by Crippen LogP contribution is -2.68. The smallest absolute Gasteiger partial charge is 0.261 e. The molecule has 9 heteroatoms. The van der Waals surface area contributed by atoms with Crippen molar-refractivity contribution < 1.29 is 18.3 Å². The summed E-state index contributed by atoms with van der Waals surface area (Å²) >= 11 is 0. The third kappa shape index (κ3) is 7.57. The van der Waals surface area contributed by atoms with Crippen molar-refractivity contribution in [1.82, 2.24) is 4.98 Å². The third-order valence-corrected chi connectivity index (χ3v) is 21.4. The van der Waals surface area contributed by atoms with Crippen LogP contribution in [0.4, 0.5) is 0 Å². The molecule has 2 unspecified atom stereocenters. The van der Waals surface area contributed by atoms with E-state index in [0.29, 0.717) is 36.4 Å². The SMILES string of the molecule is CC(O[Si](c1ccccc1)(c1ccccc1)C(C)(C)C)[C@H]1COC(c2cccc(C3=N[C@@H](C(C)O[Si](c4ccccc4)(c4ccccc4)C(C)(C)C)CO3)n2)=N1. The van der Waals surface area contributed by atoms with Gasteiger partial charge in [-0.25, -0.2) is 15.0 Å². The highest BCUT2D eigenvalue weighted by Gasteiger charge is 2.53. The van der Waals surface area contributed by atoms with Crippen LogP contribution in [0.5, 0.6) is 0 Å². The van der Waals surface area contributed by atoms with E-state index in [1.807, 2.05) is 18.2 Å². The fourth-order valence-corrected chi connectivity index (χ4v) is 17.8. The molecule has 0 spiro atoms. The first-order chi connectivity index (χ1) is 26.8. The van der Waals surface area contributed by atoms with Crippen LogP contribution in [-0.4, -0.2) is 70.9 Å². The summed E-state index contributed by atoms with van der Waals surface area (Å²) in [5, 5.41) is 4.67. The summed E-state index contributed by atoms with van der Waals surface area (Å²) in [6.45, 7) is 18.8. The Hall–Kier alpha value is -4.68. The quantitative estimate of drug-likeness (QED) is 0.124. The molecular formula is C47H55N3O4Si2. The van der Waals surface area contributed by atoms with Gasteiger partial charge in [-0.3, -0.25) is 0 Å². The van der Waals surface area contributed by atoms with Gasteiger partial charge in [0.05, 0.1) is 12.2 Å². The summed E-state index contributed by atoms with van der Waals surface area (Å²) < 4.78 is 27.3. The van der Waals surface area contributed by atoms with Crippen molar-refractivity contribution in [2.24, 2.45) is 9.98 Å². The lowest BCUT2D eigenvalue weighted by molar-refractivity contribution is 0.156. The zero-order valence-electron chi connectivity index (χ0n) is 34.0. The van der Waals surface area contributed by atoms with E-state index in [1.54, 1.807) is 0 Å². The van der Waals surface area contributed by atoms with Crippen LogP contribution in [0.2, 0.25) is 10.1 Å². The molecule has 0 bridgehead atoms. The predicted octanol–water partition coefficient (Wildman–Crippen LogP) is 7.30. The molecule has 7 nitrogen and oxygen atoms in total. The summed E-state index contributed by atoms with van der Waals surface area (Å²) in [5.74, 6) is 1.02. The van der Waals surface area contributed by atoms with Crippen LogP contribution < -0.4 is 20.7 Å². The van der Waals surface area contributed by atoms with Gasteiger partial charge in [-0.15, -0.1) is 0 Å². The van der Waals surface area contributed by atoms with E-state index >= 15 is 0 Å². The van der Waals surface area contributed by atoms with Crippen molar-refractivity contribution in [3.63, 3.8) is 0 Å². The second-order valence-corrected chi connectivity index (χ2v) is 25.5. The number of benzene rings is 4. The number of pyridine rings is 1. The van der Waals surface area contributed by atoms with Crippen LogP contribution in [0.1, 0.15) is 66.8 Å². The molecule has 4 aromatic carbocycles. The number of hydrogen-bond donors (Lipinski definition) is 0. The average Bonchev–Trinajstić information content (AvgIpc) is 3.91. The first kappa shape index (κ1) is 39.6. The number of rotatable bonds is 12. The van der Waals surface area contributed by atoms with E-state index in [1.165, 1.54) is 20.7 Å². The lowest BCUT2D eigenvalue weighted by Gasteiger charge is -2.45. The summed E-state index contributed by atoms with van der Waals surface area (Å²) in [5.41, 5.74) is 1.29. The summed E-state index contributed by atoms with van der Waals surface area (Å²) in [4.78, 5) is 15.1. The molecule has 0 N–H and O–H groups in total. The molecule has 0 saturated heterocycles. The molecule has 0 radical (unpaired) electrons. The van der Waals surface area contributed by atoms with Gasteiger partial charge >= 0.3 is 0 Å². The maximum atomic E-state index is 7.38. The molecule has 1 aromatic heterocycles. The Morgan fingerprint density at radius 3 is 1.07 bits per heavy atom. The third-order valence-electron chi connectivity index (χ3n) is 11.2. The van der Waals surface area contributed by atoms with Gasteiger partial charge < -0.3 is 18.3 Å². The van der Waals surface area contributed by atoms with Gasteiger partial charge in [0.15, 0.2) is 0 Å². The van der Waals surface area contributed by atoms with Crippen molar-refractivity contribution in [2.45, 2.75) is 89.8 Å². The number of ether oxygens (including phenoxy) is 2. The van der Waals surface area contributed by atoms with Gasteiger partial charge in [-0.05, 0) is 56.8 Å². The molecule has 0 saturated carbocycles. The molecule has 3 heterocycles. The molecule has 56 heavy (non-hydrogen) atoms. The van der Waals surface area contributed by atoms with Crippen molar-refractivity contribution in [2.75, 3.05) is 13.2 Å². The van der Waals surface area contributed by atoms with Crippen molar-refractivity contribution in [3.05, 3.63) is 151 Å². The van der Waals surface area contributed by atoms with E-state index in [9.17, 15) is 0 Å². The Bertz CT molecular complexity index is 1910. The van der Waals surface area contributed by atoms with E-state index in [2.05, 4.69) is 177 Å². The highest BCUT2D eigenvalue weighted by Crippen LogP contribution is 2.39. The molecule has 0 aliphatic carbocycles. The Labute approximate surface area is 335 Å². The first-order valence-corrected chi connectivity index (χ1v) is 23.6. The maximum Gasteiger partial charge on any atom is 0.261 e. The molecular weight excluding hydrogens is 727 g/mol. The van der Waals surface area contributed by atoms with Crippen LogP contribution in [0.25, 0.3) is 0 Å². The second-order valence-electron chi connectivity index (χ2n) is 17.0. The lowest BCUT2D eigenvalue weighted by atomic mass is 10.2. The van der Waals surface area contributed by atoms with E-state index in [-0.39, 0.29) is 34.4 Å². The van der Waals surface area contributed by atoms with Crippen molar-refractivity contribution in [1.29, 1.82) is 0 Å². The van der Waals surface area contributed by atoms with Gasteiger partial charge in [0, 0.05) is 0 Å². The van der Waals surface area contributed by atoms with Gasteiger partial charge in [0.25, 0.3) is 16.6 Å². The standard InChI is InChI=1S/C47H55N3O4Si2/c1-34(53-55(46(3,4)5,36-22-13-9-14-23-36)37-24-15-10-16-25-37)42-32-51-44(49-42)40-30-21-31-41(48-40)45-50-43(33-52-45)35(2)54-56(47(6,7)8,38-26-17-11-18-27-38)39-28-19-12-20-29-39/h9-31,34-35,42-43H,32-33H2,1-8H3/t34?,35?,42-,43-/m1/s1. The topological polar surface area (TPSA) is 74.5 Å².